The Balaban J connectivity index is 4.50. The predicted molar refractivity (Wildman–Crippen MR) is 279 cm³/mol. The number of carbonyl (C=O) groups excluding carboxylic acids is 3. The maximum absolute atomic E-state index is 12.8. The molecule has 0 aromatic carbocycles. The van der Waals surface area contributed by atoms with E-state index in [0.29, 0.717) is 12.8 Å². The minimum Gasteiger partial charge on any atom is -0.462 e. The molecular weight excluding hydrogens is 805 g/mol. The SMILES string of the molecule is CC/C=C\C/C=C\C/C=C\C/C=C\CCCCCCC(=O)OCC(COC(=O)CCCCCCC/C=C\CCCCCC)OC(=O)CCCCCC/C=C\C/C=C\C/C=C\C/C=C\CC. The number of rotatable bonds is 46. The first-order valence-corrected chi connectivity index (χ1v) is 26.4. The molecule has 0 fully saturated rings. The van der Waals surface area contributed by atoms with Crippen molar-refractivity contribution in [3.05, 3.63) is 109 Å². The Hall–Kier alpha value is -3.93. The van der Waals surface area contributed by atoms with Crippen LogP contribution in [0.15, 0.2) is 109 Å². The summed E-state index contributed by atoms with van der Waals surface area (Å²) in [5.74, 6) is -0.963. The van der Waals surface area contributed by atoms with Crippen molar-refractivity contribution in [3.8, 4) is 0 Å². The quantitative estimate of drug-likeness (QED) is 0.0262. The molecule has 6 nitrogen and oxygen atoms in total. The zero-order valence-electron chi connectivity index (χ0n) is 42.0. The molecule has 6 heteroatoms. The number of carbonyl (C=O) groups is 3. The second kappa shape index (κ2) is 52.7. The number of esters is 3. The van der Waals surface area contributed by atoms with Crippen LogP contribution in [0.5, 0.6) is 0 Å². The Kier molecular flexibility index (Phi) is 49.5. The zero-order chi connectivity index (χ0) is 47.2. The largest absolute Gasteiger partial charge is 0.462 e. The topological polar surface area (TPSA) is 78.9 Å². The predicted octanol–water partition coefficient (Wildman–Crippen LogP) is 17.5. The fourth-order valence-corrected chi connectivity index (χ4v) is 6.83. The van der Waals surface area contributed by atoms with Crippen LogP contribution in [0.25, 0.3) is 0 Å². The Morgan fingerprint density at radius 2 is 0.600 bits per heavy atom. The molecule has 1 unspecified atom stereocenters. The van der Waals surface area contributed by atoms with Crippen molar-refractivity contribution >= 4 is 17.9 Å². The number of unbranched alkanes of at least 4 members (excludes halogenated alkanes) is 17. The highest BCUT2D eigenvalue weighted by Gasteiger charge is 2.19. The molecule has 0 aromatic heterocycles. The molecule has 0 saturated heterocycles. The number of hydrogen-bond donors (Lipinski definition) is 0. The van der Waals surface area contributed by atoms with Gasteiger partial charge in [0.25, 0.3) is 0 Å². The summed E-state index contributed by atoms with van der Waals surface area (Å²) >= 11 is 0. The van der Waals surface area contributed by atoms with E-state index in [0.717, 1.165) is 148 Å². The van der Waals surface area contributed by atoms with E-state index in [1.165, 1.54) is 38.5 Å². The minimum atomic E-state index is -0.806. The van der Waals surface area contributed by atoms with Gasteiger partial charge in [-0.25, -0.2) is 0 Å². The third-order valence-corrected chi connectivity index (χ3v) is 10.7. The molecule has 0 heterocycles. The highest BCUT2D eigenvalue weighted by Crippen LogP contribution is 2.13. The molecular formula is C59H96O6. The van der Waals surface area contributed by atoms with E-state index in [1.807, 2.05) is 0 Å². The molecule has 0 bridgehead atoms. The Labute approximate surface area is 400 Å². The molecule has 1 atom stereocenters. The van der Waals surface area contributed by atoms with Gasteiger partial charge in [0.1, 0.15) is 13.2 Å². The van der Waals surface area contributed by atoms with Gasteiger partial charge in [-0.1, -0.05) is 194 Å². The summed E-state index contributed by atoms with van der Waals surface area (Å²) < 4.78 is 16.8. The van der Waals surface area contributed by atoms with Crippen molar-refractivity contribution in [1.82, 2.24) is 0 Å². The standard InChI is InChI=1S/C59H96O6/c1-4-7-10-13-16-19-22-25-27-29-31-34-37-40-43-46-49-52-58(61)64-55-56(54-63-57(60)51-48-45-42-39-36-33-24-21-18-15-12-9-6-3)65-59(62)53-50-47-44-41-38-35-32-30-28-26-23-20-17-14-11-8-5-2/h7-8,10-11,16-17,19-21,24-28,31-32,34-35,56H,4-6,9,12-15,18,22-23,29-30,33,36-55H2,1-3H3/b10-7-,11-8-,19-16-,20-17-,24-21-,27-25-,28-26-,34-31-,35-32-. The molecule has 0 spiro atoms. The third kappa shape index (κ3) is 50.9. The lowest BCUT2D eigenvalue weighted by Gasteiger charge is -2.18. The molecule has 0 aliphatic heterocycles. The Morgan fingerprint density at radius 3 is 0.954 bits per heavy atom. The van der Waals surface area contributed by atoms with Crippen molar-refractivity contribution in [1.29, 1.82) is 0 Å². The van der Waals surface area contributed by atoms with E-state index < -0.39 is 6.10 Å². The first-order valence-electron chi connectivity index (χ1n) is 26.4. The highest BCUT2D eigenvalue weighted by atomic mass is 16.6. The molecule has 65 heavy (non-hydrogen) atoms. The molecule has 0 aliphatic carbocycles. The molecule has 0 amide bonds. The van der Waals surface area contributed by atoms with Gasteiger partial charge in [0, 0.05) is 19.3 Å². The lowest BCUT2D eigenvalue weighted by molar-refractivity contribution is -0.167. The maximum atomic E-state index is 12.8. The summed E-state index contributed by atoms with van der Waals surface area (Å²) in [6, 6.07) is 0. The summed E-state index contributed by atoms with van der Waals surface area (Å²) in [5.41, 5.74) is 0. The normalized spacial score (nSPS) is 13.0. The minimum absolute atomic E-state index is 0.102. The van der Waals surface area contributed by atoms with Crippen LogP contribution < -0.4 is 0 Å². The lowest BCUT2D eigenvalue weighted by atomic mass is 10.1. The van der Waals surface area contributed by atoms with Crippen LogP contribution in [-0.2, 0) is 28.6 Å². The van der Waals surface area contributed by atoms with Crippen LogP contribution in [-0.4, -0.2) is 37.2 Å². The average Bonchev–Trinajstić information content (AvgIpc) is 3.30. The molecule has 0 aliphatic rings. The number of allylic oxidation sites excluding steroid dienone is 18. The zero-order valence-corrected chi connectivity index (χ0v) is 42.0. The second-order valence-electron chi connectivity index (χ2n) is 17.0. The molecule has 0 rings (SSSR count). The highest BCUT2D eigenvalue weighted by molar-refractivity contribution is 5.71. The second-order valence-corrected chi connectivity index (χ2v) is 17.0. The van der Waals surface area contributed by atoms with Crippen molar-refractivity contribution in [2.45, 2.75) is 232 Å². The summed E-state index contributed by atoms with van der Waals surface area (Å²) in [7, 11) is 0. The monoisotopic (exact) mass is 901 g/mol. The van der Waals surface area contributed by atoms with Crippen LogP contribution in [0, 0.1) is 0 Å². The summed E-state index contributed by atoms with van der Waals surface area (Å²) in [5, 5.41) is 0. The van der Waals surface area contributed by atoms with Gasteiger partial charge in [-0.05, 0) is 122 Å². The van der Waals surface area contributed by atoms with E-state index in [2.05, 4.69) is 130 Å². The van der Waals surface area contributed by atoms with Crippen molar-refractivity contribution in [2.75, 3.05) is 13.2 Å². The average molecular weight is 901 g/mol. The van der Waals surface area contributed by atoms with Gasteiger partial charge < -0.3 is 14.2 Å². The van der Waals surface area contributed by atoms with Crippen LogP contribution in [0.2, 0.25) is 0 Å². The van der Waals surface area contributed by atoms with Gasteiger partial charge in [0.05, 0.1) is 0 Å². The number of hydrogen-bond acceptors (Lipinski definition) is 6. The Morgan fingerprint density at radius 1 is 0.323 bits per heavy atom. The van der Waals surface area contributed by atoms with Crippen molar-refractivity contribution < 1.29 is 28.6 Å². The molecule has 368 valence electrons. The van der Waals surface area contributed by atoms with Crippen LogP contribution in [0.4, 0.5) is 0 Å². The summed E-state index contributed by atoms with van der Waals surface area (Å²) in [6.07, 6.45) is 70.7. The molecule has 0 saturated carbocycles. The van der Waals surface area contributed by atoms with E-state index >= 15 is 0 Å². The fraction of sp³-hybridized carbons (Fsp3) is 0.644. The Bertz CT molecular complexity index is 1360. The first-order chi connectivity index (χ1) is 32.0. The molecule has 0 radical (unpaired) electrons. The fourth-order valence-electron chi connectivity index (χ4n) is 6.83. The van der Waals surface area contributed by atoms with Gasteiger partial charge in [0.2, 0.25) is 0 Å². The first kappa shape index (κ1) is 61.1. The van der Waals surface area contributed by atoms with Crippen molar-refractivity contribution in [2.24, 2.45) is 0 Å². The van der Waals surface area contributed by atoms with E-state index in [4.69, 9.17) is 14.2 Å². The van der Waals surface area contributed by atoms with Crippen LogP contribution >= 0.6 is 0 Å². The van der Waals surface area contributed by atoms with Crippen LogP contribution in [0.1, 0.15) is 226 Å². The van der Waals surface area contributed by atoms with E-state index in [9.17, 15) is 14.4 Å². The van der Waals surface area contributed by atoms with E-state index in [-0.39, 0.29) is 37.5 Å². The van der Waals surface area contributed by atoms with Crippen molar-refractivity contribution in [3.63, 3.8) is 0 Å². The van der Waals surface area contributed by atoms with Gasteiger partial charge >= 0.3 is 17.9 Å². The lowest BCUT2D eigenvalue weighted by Crippen LogP contribution is -2.30. The molecule has 0 N–H and O–H groups in total. The number of ether oxygens (including phenoxy) is 3. The van der Waals surface area contributed by atoms with Gasteiger partial charge in [-0.3, -0.25) is 14.4 Å². The molecule has 0 aromatic rings. The van der Waals surface area contributed by atoms with E-state index in [1.54, 1.807) is 0 Å². The van der Waals surface area contributed by atoms with Gasteiger partial charge in [-0.2, -0.15) is 0 Å². The third-order valence-electron chi connectivity index (χ3n) is 10.7. The van der Waals surface area contributed by atoms with Crippen LogP contribution in [0.3, 0.4) is 0 Å². The van der Waals surface area contributed by atoms with Gasteiger partial charge in [0.15, 0.2) is 6.10 Å². The summed E-state index contributed by atoms with van der Waals surface area (Å²) in [4.78, 5) is 38.0. The summed E-state index contributed by atoms with van der Waals surface area (Å²) in [6.45, 7) is 6.34. The maximum Gasteiger partial charge on any atom is 0.306 e. The smallest absolute Gasteiger partial charge is 0.306 e. The van der Waals surface area contributed by atoms with Gasteiger partial charge in [-0.15, -0.1) is 0 Å².